The molecule has 0 aliphatic carbocycles. The van der Waals surface area contributed by atoms with Crippen molar-refractivity contribution in [2.75, 3.05) is 13.7 Å². The molecule has 1 atom stereocenters. The Kier molecular flexibility index (Phi) is 4.43. The largest absolute Gasteiger partial charge is 0.493 e. The topological polar surface area (TPSA) is 42.4 Å². The molecule has 0 bridgehead atoms. The number of ether oxygens (including phenoxy) is 1. The SMILES string of the molecule is Cc1ncsc1CN(C)C(=O)C[C@@H]1CCOc2ccccc21. The van der Waals surface area contributed by atoms with Gasteiger partial charge in [0, 0.05) is 18.3 Å². The summed E-state index contributed by atoms with van der Waals surface area (Å²) in [5, 5.41) is 0. The zero-order chi connectivity index (χ0) is 15.5. The van der Waals surface area contributed by atoms with E-state index < -0.39 is 0 Å². The number of para-hydroxylation sites is 1. The van der Waals surface area contributed by atoms with Crippen molar-refractivity contribution >= 4 is 17.2 Å². The van der Waals surface area contributed by atoms with Crippen LogP contribution in [0.25, 0.3) is 0 Å². The fourth-order valence-corrected chi connectivity index (χ4v) is 3.61. The molecule has 2 aromatic rings. The maximum Gasteiger partial charge on any atom is 0.223 e. The second kappa shape index (κ2) is 6.48. The van der Waals surface area contributed by atoms with Gasteiger partial charge in [0.15, 0.2) is 0 Å². The minimum absolute atomic E-state index is 0.175. The number of hydrogen-bond donors (Lipinski definition) is 0. The third kappa shape index (κ3) is 3.14. The highest BCUT2D eigenvalue weighted by Gasteiger charge is 2.25. The van der Waals surface area contributed by atoms with Gasteiger partial charge in [-0.15, -0.1) is 11.3 Å². The minimum Gasteiger partial charge on any atom is -0.493 e. The van der Waals surface area contributed by atoms with Crippen LogP contribution in [0.2, 0.25) is 0 Å². The standard InChI is InChI=1S/C17H20N2O2S/c1-12-16(22-11-18-12)10-19(2)17(20)9-13-7-8-21-15-6-4-3-5-14(13)15/h3-6,11,13H,7-10H2,1-2H3/t13-/m0/s1. The van der Waals surface area contributed by atoms with Gasteiger partial charge in [0.1, 0.15) is 5.75 Å². The Balaban J connectivity index is 1.66. The molecule has 0 saturated carbocycles. The van der Waals surface area contributed by atoms with Crippen LogP contribution in [-0.4, -0.2) is 29.4 Å². The van der Waals surface area contributed by atoms with Gasteiger partial charge in [0.25, 0.3) is 0 Å². The monoisotopic (exact) mass is 316 g/mol. The number of rotatable bonds is 4. The Morgan fingerprint density at radius 2 is 2.27 bits per heavy atom. The zero-order valence-corrected chi connectivity index (χ0v) is 13.7. The summed E-state index contributed by atoms with van der Waals surface area (Å²) < 4.78 is 5.67. The van der Waals surface area contributed by atoms with Gasteiger partial charge in [0.2, 0.25) is 5.91 Å². The number of aromatic nitrogens is 1. The van der Waals surface area contributed by atoms with E-state index in [4.69, 9.17) is 4.74 Å². The number of amides is 1. The summed E-state index contributed by atoms with van der Waals surface area (Å²) in [4.78, 5) is 19.7. The molecule has 1 aromatic carbocycles. The molecule has 116 valence electrons. The molecule has 0 fully saturated rings. The fraction of sp³-hybridized carbons (Fsp3) is 0.412. The highest BCUT2D eigenvalue weighted by Crippen LogP contribution is 2.35. The molecule has 0 radical (unpaired) electrons. The highest BCUT2D eigenvalue weighted by atomic mass is 32.1. The molecule has 4 nitrogen and oxygen atoms in total. The summed E-state index contributed by atoms with van der Waals surface area (Å²) in [7, 11) is 1.87. The molecule has 1 aliphatic heterocycles. The van der Waals surface area contributed by atoms with E-state index in [0.29, 0.717) is 19.6 Å². The summed E-state index contributed by atoms with van der Waals surface area (Å²) >= 11 is 1.60. The van der Waals surface area contributed by atoms with Crippen LogP contribution < -0.4 is 4.74 Å². The molecule has 1 aliphatic rings. The van der Waals surface area contributed by atoms with Gasteiger partial charge in [0.05, 0.1) is 24.4 Å². The van der Waals surface area contributed by atoms with Crippen LogP contribution in [0.1, 0.15) is 34.9 Å². The van der Waals surface area contributed by atoms with Gasteiger partial charge in [-0.05, 0) is 30.9 Å². The molecule has 3 rings (SSSR count). The first-order valence-corrected chi connectivity index (χ1v) is 8.37. The number of hydrogen-bond acceptors (Lipinski definition) is 4. The third-order valence-electron chi connectivity index (χ3n) is 4.16. The van der Waals surface area contributed by atoms with E-state index >= 15 is 0 Å². The Hall–Kier alpha value is -1.88. The Morgan fingerprint density at radius 1 is 1.45 bits per heavy atom. The summed E-state index contributed by atoms with van der Waals surface area (Å²) in [5.74, 6) is 1.35. The molecule has 1 aromatic heterocycles. The predicted molar refractivity (Wildman–Crippen MR) is 87.2 cm³/mol. The molecule has 0 spiro atoms. The van der Waals surface area contributed by atoms with Crippen molar-refractivity contribution in [3.05, 3.63) is 45.9 Å². The van der Waals surface area contributed by atoms with E-state index in [2.05, 4.69) is 11.1 Å². The second-order valence-electron chi connectivity index (χ2n) is 5.69. The van der Waals surface area contributed by atoms with Crippen molar-refractivity contribution in [2.24, 2.45) is 0 Å². The first-order chi connectivity index (χ1) is 10.6. The number of aryl methyl sites for hydroxylation is 1. The zero-order valence-electron chi connectivity index (χ0n) is 12.9. The van der Waals surface area contributed by atoms with Crippen LogP contribution in [0.5, 0.6) is 5.75 Å². The maximum absolute atomic E-state index is 12.5. The summed E-state index contributed by atoms with van der Waals surface area (Å²) in [6, 6.07) is 8.03. The normalized spacial score (nSPS) is 16.7. The number of nitrogens with zero attached hydrogens (tertiary/aromatic N) is 2. The number of fused-ring (bicyclic) bond motifs is 1. The van der Waals surface area contributed by atoms with E-state index in [1.54, 1.807) is 16.2 Å². The Bertz CT molecular complexity index is 668. The van der Waals surface area contributed by atoms with E-state index in [9.17, 15) is 4.79 Å². The van der Waals surface area contributed by atoms with E-state index in [1.165, 1.54) is 0 Å². The Labute approximate surface area is 134 Å². The smallest absolute Gasteiger partial charge is 0.223 e. The number of carbonyl (C=O) groups is 1. The average Bonchev–Trinajstić information content (AvgIpc) is 2.93. The first kappa shape index (κ1) is 15.0. The molecule has 1 amide bonds. The van der Waals surface area contributed by atoms with Crippen molar-refractivity contribution in [1.82, 2.24) is 9.88 Å². The summed E-state index contributed by atoms with van der Waals surface area (Å²) in [6.07, 6.45) is 1.44. The van der Waals surface area contributed by atoms with Crippen molar-refractivity contribution < 1.29 is 9.53 Å². The van der Waals surface area contributed by atoms with Gasteiger partial charge >= 0.3 is 0 Å². The van der Waals surface area contributed by atoms with Crippen molar-refractivity contribution in [3.8, 4) is 5.75 Å². The molecule has 0 saturated heterocycles. The molecule has 5 heteroatoms. The van der Waals surface area contributed by atoms with Gasteiger partial charge in [-0.25, -0.2) is 4.98 Å². The molecular formula is C17H20N2O2S. The summed E-state index contributed by atoms with van der Waals surface area (Å²) in [5.41, 5.74) is 4.00. The molecule has 0 N–H and O–H groups in total. The number of carbonyl (C=O) groups excluding carboxylic acids is 1. The van der Waals surface area contributed by atoms with Crippen LogP contribution in [0.4, 0.5) is 0 Å². The predicted octanol–water partition coefficient (Wildman–Crippen LogP) is 3.37. The quantitative estimate of drug-likeness (QED) is 0.868. The van der Waals surface area contributed by atoms with Crippen LogP contribution in [0.3, 0.4) is 0 Å². The van der Waals surface area contributed by atoms with Crippen LogP contribution >= 0.6 is 11.3 Å². The lowest BCUT2D eigenvalue weighted by Gasteiger charge is -2.27. The fourth-order valence-electron chi connectivity index (χ4n) is 2.78. The summed E-state index contributed by atoms with van der Waals surface area (Å²) in [6.45, 7) is 3.31. The highest BCUT2D eigenvalue weighted by molar-refractivity contribution is 7.09. The van der Waals surface area contributed by atoms with Gasteiger partial charge in [-0.1, -0.05) is 18.2 Å². The molecular weight excluding hydrogens is 296 g/mol. The van der Waals surface area contributed by atoms with E-state index in [-0.39, 0.29) is 11.8 Å². The molecule has 2 heterocycles. The Morgan fingerprint density at radius 3 is 3.05 bits per heavy atom. The third-order valence-corrected chi connectivity index (χ3v) is 5.07. The van der Waals surface area contributed by atoms with Crippen molar-refractivity contribution in [3.63, 3.8) is 0 Å². The van der Waals surface area contributed by atoms with Crippen LogP contribution in [0, 0.1) is 6.92 Å². The van der Waals surface area contributed by atoms with Crippen molar-refractivity contribution in [2.45, 2.75) is 32.2 Å². The first-order valence-electron chi connectivity index (χ1n) is 7.50. The van der Waals surface area contributed by atoms with Crippen molar-refractivity contribution in [1.29, 1.82) is 0 Å². The van der Waals surface area contributed by atoms with Gasteiger partial charge in [-0.2, -0.15) is 0 Å². The van der Waals surface area contributed by atoms with Gasteiger partial charge < -0.3 is 9.64 Å². The second-order valence-corrected chi connectivity index (χ2v) is 6.63. The average molecular weight is 316 g/mol. The lowest BCUT2D eigenvalue weighted by Crippen LogP contribution is -2.28. The lowest BCUT2D eigenvalue weighted by atomic mass is 9.90. The van der Waals surface area contributed by atoms with Gasteiger partial charge in [-0.3, -0.25) is 4.79 Å². The van der Waals surface area contributed by atoms with E-state index in [1.807, 2.05) is 37.7 Å². The number of thiazole rings is 1. The van der Waals surface area contributed by atoms with Crippen LogP contribution in [0.15, 0.2) is 29.8 Å². The molecule has 22 heavy (non-hydrogen) atoms. The lowest BCUT2D eigenvalue weighted by molar-refractivity contribution is -0.130. The van der Waals surface area contributed by atoms with E-state index in [0.717, 1.165) is 28.3 Å². The molecule has 0 unspecified atom stereocenters. The maximum atomic E-state index is 12.5. The number of benzene rings is 1. The van der Waals surface area contributed by atoms with Crippen LogP contribution in [-0.2, 0) is 11.3 Å². The minimum atomic E-state index is 0.175.